The van der Waals surface area contributed by atoms with Gasteiger partial charge in [-0.25, -0.2) is 9.97 Å². The predicted octanol–water partition coefficient (Wildman–Crippen LogP) is 4.85. The van der Waals surface area contributed by atoms with E-state index in [1.807, 2.05) is 53.8 Å². The van der Waals surface area contributed by atoms with Gasteiger partial charge >= 0.3 is 0 Å². The maximum Gasteiger partial charge on any atom is 0.134 e. The van der Waals surface area contributed by atoms with E-state index in [0.717, 1.165) is 15.7 Å². The molecule has 18 heavy (non-hydrogen) atoms. The molecule has 0 aliphatic heterocycles. The summed E-state index contributed by atoms with van der Waals surface area (Å²) in [6.45, 7) is 13.9. The fourth-order valence-electron chi connectivity index (χ4n) is 0.852. The zero-order valence-corrected chi connectivity index (χ0v) is 14.1. The van der Waals surface area contributed by atoms with Crippen LogP contribution in [0.25, 0.3) is 0 Å². The SMILES string of the molecule is CC.CC.Cc1csc(C)n1.Cc1nc(N)cs1. The van der Waals surface area contributed by atoms with Crippen molar-refractivity contribution in [2.24, 2.45) is 0 Å². The average Bonchev–Trinajstić information content (AvgIpc) is 2.93. The highest BCUT2D eigenvalue weighted by molar-refractivity contribution is 7.10. The molecule has 3 nitrogen and oxygen atoms in total. The van der Waals surface area contributed by atoms with E-state index in [1.54, 1.807) is 22.7 Å². The highest BCUT2D eigenvalue weighted by Gasteiger charge is 1.87. The number of aryl methyl sites for hydroxylation is 3. The van der Waals surface area contributed by atoms with Crippen LogP contribution >= 0.6 is 22.7 Å². The first kappa shape index (κ1) is 19.4. The highest BCUT2D eigenvalue weighted by atomic mass is 32.1. The summed E-state index contributed by atoms with van der Waals surface area (Å²) in [5, 5.41) is 6.06. The Morgan fingerprint density at radius 3 is 1.39 bits per heavy atom. The first-order valence-corrected chi connectivity index (χ1v) is 7.90. The minimum Gasteiger partial charge on any atom is -0.383 e. The third-order valence-corrected chi connectivity index (χ3v) is 3.05. The lowest BCUT2D eigenvalue weighted by Crippen LogP contribution is -1.81. The Bertz CT molecular complexity index is 323. The maximum absolute atomic E-state index is 5.28. The average molecular weight is 287 g/mol. The zero-order chi connectivity index (χ0) is 14.6. The Labute approximate surface area is 119 Å². The van der Waals surface area contributed by atoms with Gasteiger partial charge in [0.25, 0.3) is 0 Å². The van der Waals surface area contributed by atoms with Gasteiger partial charge in [-0.1, -0.05) is 27.7 Å². The molecule has 2 aromatic rings. The Hall–Kier alpha value is -0.940. The molecule has 2 heterocycles. The standard InChI is InChI=1S/C5H7NS.C4H6N2S.2C2H6/c1-4-3-7-5(2)6-4;1-3-6-4(5)2-7-3;2*1-2/h3H,1-2H3;2H,5H2,1H3;2*1-2H3. The van der Waals surface area contributed by atoms with Crippen LogP contribution in [0.4, 0.5) is 5.82 Å². The fourth-order valence-corrected chi connectivity index (χ4v) is 1.94. The molecule has 0 saturated heterocycles. The maximum atomic E-state index is 5.28. The normalized spacial score (nSPS) is 7.94. The molecule has 0 unspecified atom stereocenters. The Balaban J connectivity index is 0. The summed E-state index contributed by atoms with van der Waals surface area (Å²) < 4.78 is 0. The Morgan fingerprint density at radius 2 is 1.28 bits per heavy atom. The molecule has 0 atom stereocenters. The van der Waals surface area contributed by atoms with Crippen molar-refractivity contribution in [2.45, 2.75) is 48.5 Å². The molecular formula is C13H25N3S2. The molecule has 0 saturated carbocycles. The molecule has 0 aliphatic rings. The molecule has 2 aromatic heterocycles. The van der Waals surface area contributed by atoms with E-state index in [-0.39, 0.29) is 0 Å². The summed E-state index contributed by atoms with van der Waals surface area (Å²) >= 11 is 3.26. The van der Waals surface area contributed by atoms with E-state index >= 15 is 0 Å². The van der Waals surface area contributed by atoms with Crippen molar-refractivity contribution in [3.05, 3.63) is 26.5 Å². The monoisotopic (exact) mass is 287 g/mol. The summed E-state index contributed by atoms with van der Waals surface area (Å²) in [5.74, 6) is 0.627. The molecule has 0 spiro atoms. The van der Waals surface area contributed by atoms with Crippen LogP contribution in [0.5, 0.6) is 0 Å². The first-order valence-electron chi connectivity index (χ1n) is 6.14. The van der Waals surface area contributed by atoms with Gasteiger partial charge in [0.05, 0.1) is 10.0 Å². The van der Waals surface area contributed by atoms with Crippen LogP contribution < -0.4 is 5.73 Å². The molecule has 0 fully saturated rings. The van der Waals surface area contributed by atoms with Crippen molar-refractivity contribution < 1.29 is 0 Å². The van der Waals surface area contributed by atoms with Crippen LogP contribution in [0, 0.1) is 20.8 Å². The molecule has 0 radical (unpaired) electrons. The van der Waals surface area contributed by atoms with Crippen molar-refractivity contribution in [2.75, 3.05) is 5.73 Å². The van der Waals surface area contributed by atoms with E-state index in [9.17, 15) is 0 Å². The lowest BCUT2D eigenvalue weighted by molar-refractivity contribution is 1.20. The van der Waals surface area contributed by atoms with E-state index in [4.69, 9.17) is 5.73 Å². The number of hydrogen-bond acceptors (Lipinski definition) is 5. The summed E-state index contributed by atoms with van der Waals surface area (Å²) in [6, 6.07) is 0. The number of thiazole rings is 2. The zero-order valence-electron chi connectivity index (χ0n) is 12.4. The minimum atomic E-state index is 0.627. The van der Waals surface area contributed by atoms with Gasteiger partial charge in [0.2, 0.25) is 0 Å². The van der Waals surface area contributed by atoms with Crippen LogP contribution in [0.3, 0.4) is 0 Å². The van der Waals surface area contributed by atoms with Crippen LogP contribution in [0.15, 0.2) is 10.8 Å². The van der Waals surface area contributed by atoms with Gasteiger partial charge in [0, 0.05) is 16.5 Å². The number of nitrogens with zero attached hydrogens (tertiary/aromatic N) is 2. The second-order valence-corrected chi connectivity index (χ2v) is 4.92. The second kappa shape index (κ2) is 12.5. The van der Waals surface area contributed by atoms with E-state index in [1.165, 1.54) is 0 Å². The van der Waals surface area contributed by atoms with Gasteiger partial charge in [-0.05, 0) is 20.8 Å². The van der Waals surface area contributed by atoms with E-state index < -0.39 is 0 Å². The van der Waals surface area contributed by atoms with Gasteiger partial charge in [-0.15, -0.1) is 22.7 Å². The van der Waals surface area contributed by atoms with Crippen molar-refractivity contribution in [1.82, 2.24) is 9.97 Å². The van der Waals surface area contributed by atoms with Crippen LogP contribution in [-0.4, -0.2) is 9.97 Å². The van der Waals surface area contributed by atoms with Crippen LogP contribution in [0.1, 0.15) is 43.4 Å². The van der Waals surface area contributed by atoms with Crippen molar-refractivity contribution in [3.63, 3.8) is 0 Å². The number of rotatable bonds is 0. The van der Waals surface area contributed by atoms with E-state index in [2.05, 4.69) is 15.3 Å². The van der Waals surface area contributed by atoms with Gasteiger partial charge in [0.1, 0.15) is 5.82 Å². The summed E-state index contributed by atoms with van der Waals surface area (Å²) in [7, 11) is 0. The number of aromatic nitrogens is 2. The molecule has 2 rings (SSSR count). The second-order valence-electron chi connectivity index (χ2n) is 2.80. The highest BCUT2D eigenvalue weighted by Crippen LogP contribution is 2.07. The van der Waals surface area contributed by atoms with E-state index in [0.29, 0.717) is 5.82 Å². The van der Waals surface area contributed by atoms with Crippen molar-refractivity contribution in [3.8, 4) is 0 Å². The molecule has 0 amide bonds. The quantitative estimate of drug-likeness (QED) is 0.754. The lowest BCUT2D eigenvalue weighted by atomic mass is 10.6. The Kier molecular flexibility index (Phi) is 13.5. The summed E-state index contributed by atoms with van der Waals surface area (Å²) in [4.78, 5) is 8.04. The number of nitrogen functional groups attached to an aromatic ring is 1. The summed E-state index contributed by atoms with van der Waals surface area (Å²) in [5.41, 5.74) is 6.41. The third-order valence-electron chi connectivity index (χ3n) is 1.37. The van der Waals surface area contributed by atoms with Crippen molar-refractivity contribution in [1.29, 1.82) is 0 Å². The number of anilines is 1. The third kappa shape index (κ3) is 10.2. The predicted molar refractivity (Wildman–Crippen MR) is 85.5 cm³/mol. The molecule has 0 bridgehead atoms. The minimum absolute atomic E-state index is 0.627. The van der Waals surface area contributed by atoms with Crippen LogP contribution in [-0.2, 0) is 0 Å². The molecule has 104 valence electrons. The van der Waals surface area contributed by atoms with Gasteiger partial charge < -0.3 is 5.73 Å². The fraction of sp³-hybridized carbons (Fsp3) is 0.538. The molecule has 2 N–H and O–H groups in total. The van der Waals surface area contributed by atoms with Gasteiger partial charge in [-0.2, -0.15) is 0 Å². The van der Waals surface area contributed by atoms with Crippen LogP contribution in [0.2, 0.25) is 0 Å². The molecule has 5 heteroatoms. The molecular weight excluding hydrogens is 262 g/mol. The number of hydrogen-bond donors (Lipinski definition) is 1. The molecule has 0 aromatic carbocycles. The van der Waals surface area contributed by atoms with Gasteiger partial charge in [-0.3, -0.25) is 0 Å². The first-order chi connectivity index (χ1) is 8.58. The smallest absolute Gasteiger partial charge is 0.134 e. The largest absolute Gasteiger partial charge is 0.383 e. The van der Waals surface area contributed by atoms with Gasteiger partial charge in [0.15, 0.2) is 0 Å². The topological polar surface area (TPSA) is 51.8 Å². The Morgan fingerprint density at radius 1 is 0.833 bits per heavy atom. The van der Waals surface area contributed by atoms with Crippen molar-refractivity contribution >= 4 is 28.5 Å². The summed E-state index contributed by atoms with van der Waals surface area (Å²) in [6.07, 6.45) is 0. The lowest BCUT2D eigenvalue weighted by Gasteiger charge is -1.72. The number of nitrogens with two attached hydrogens (primary N) is 1. The molecule has 0 aliphatic carbocycles.